The molecule has 37 heavy (non-hydrogen) atoms. The van der Waals surface area contributed by atoms with E-state index >= 15 is 0 Å². The minimum absolute atomic E-state index is 0.0344. The maximum Gasteiger partial charge on any atom is 0.325 e. The first-order chi connectivity index (χ1) is 16.8. The molecule has 1 amide bonds. The minimum Gasteiger partial charge on any atom is -0.480 e. The highest BCUT2D eigenvalue weighted by Crippen LogP contribution is 2.38. The number of nitrogens with two attached hydrogens (primary N) is 1. The molecule has 1 aromatic heterocycles. The number of hydrogen-bond acceptors (Lipinski definition) is 7. The van der Waals surface area contributed by atoms with Gasteiger partial charge in [-0.25, -0.2) is 4.98 Å². The number of carboxylic acids is 1. The maximum atomic E-state index is 13.2. The lowest BCUT2D eigenvalue weighted by molar-refractivity contribution is -0.138. The number of nitrogens with one attached hydrogen (secondary N) is 1. The summed E-state index contributed by atoms with van der Waals surface area (Å²) in [6, 6.07) is -1.08. The summed E-state index contributed by atoms with van der Waals surface area (Å²) >= 11 is 0. The topological polar surface area (TPSA) is 145 Å². The molecule has 1 rings (SSSR count). The van der Waals surface area contributed by atoms with Crippen molar-refractivity contribution < 1.29 is 28.3 Å². The summed E-state index contributed by atoms with van der Waals surface area (Å²) < 4.78 is 12.5. The number of rotatable bonds is 13. The van der Waals surface area contributed by atoms with Crippen LogP contribution in [0.25, 0.3) is 0 Å². The number of hydrogen-bond donors (Lipinski definition) is 3. The number of allylic oxidation sites excluding steroid dienone is 2. The van der Waals surface area contributed by atoms with Gasteiger partial charge < -0.3 is 25.0 Å². The molecular formula is C26H45N3O6Si2. The van der Waals surface area contributed by atoms with Gasteiger partial charge in [-0.1, -0.05) is 64.2 Å². The zero-order valence-corrected chi connectivity index (χ0v) is 26.0. The zero-order valence-electron chi connectivity index (χ0n) is 24.0. The van der Waals surface area contributed by atoms with Crippen LogP contribution in [-0.2, 0) is 20.4 Å². The van der Waals surface area contributed by atoms with Gasteiger partial charge >= 0.3 is 5.97 Å². The highest BCUT2D eigenvalue weighted by atomic mass is 28.4. The Labute approximate surface area is 223 Å². The van der Waals surface area contributed by atoms with E-state index in [1.54, 1.807) is 0 Å². The first-order valence-corrected chi connectivity index (χ1v) is 19.0. The predicted octanol–water partition coefficient (Wildman–Crippen LogP) is 3.78. The number of carbonyl (C=O) groups is 3. The summed E-state index contributed by atoms with van der Waals surface area (Å²) in [6.07, 6.45) is 5.30. The number of nitrogens with zero attached hydrogens (tertiary/aromatic N) is 1. The smallest absolute Gasteiger partial charge is 0.325 e. The van der Waals surface area contributed by atoms with Crippen molar-refractivity contribution >= 4 is 39.4 Å². The third-order valence-corrected chi connectivity index (χ3v) is 12.5. The molecular weight excluding hydrogens is 506 g/mol. The lowest BCUT2D eigenvalue weighted by Gasteiger charge is -2.38. The van der Waals surface area contributed by atoms with Crippen LogP contribution in [0, 0.1) is 0 Å². The standard InChI is InChI=1S/C26H45N3O6Si2/c1-17(12-11-13-27)14-20(35-37(9,10)26(3,4)5)15-19(30)16-21-29-22(25(34-21)36(6,7)8)23(31)28-18(2)24(32)33/h11-12,14,18,20H,13,15-16,27H2,1-10H3,(H,28,31)(H,32,33)/b12-11+,17-14+/t18-,20-/m1/s1. The molecule has 208 valence electrons. The number of amides is 1. The van der Waals surface area contributed by atoms with Crippen LogP contribution in [-0.4, -0.2) is 62.8 Å². The molecule has 9 nitrogen and oxygen atoms in total. The largest absolute Gasteiger partial charge is 0.480 e. The first-order valence-electron chi connectivity index (χ1n) is 12.6. The van der Waals surface area contributed by atoms with Crippen LogP contribution in [0.5, 0.6) is 0 Å². The highest BCUT2D eigenvalue weighted by Gasteiger charge is 2.39. The van der Waals surface area contributed by atoms with Crippen LogP contribution in [0.3, 0.4) is 0 Å². The lowest BCUT2D eigenvalue weighted by Crippen LogP contribution is -2.45. The molecule has 0 saturated carbocycles. The summed E-state index contributed by atoms with van der Waals surface area (Å²) in [5, 5.41) is 12.0. The van der Waals surface area contributed by atoms with Crippen molar-refractivity contribution in [2.45, 2.75) is 97.4 Å². The minimum atomic E-state index is -2.17. The van der Waals surface area contributed by atoms with Crippen molar-refractivity contribution in [3.05, 3.63) is 35.4 Å². The summed E-state index contributed by atoms with van der Waals surface area (Å²) in [6.45, 7) is 20.4. The van der Waals surface area contributed by atoms with Crippen LogP contribution < -0.4 is 16.4 Å². The van der Waals surface area contributed by atoms with Crippen LogP contribution in [0.1, 0.15) is 57.4 Å². The molecule has 0 aliphatic rings. The molecule has 0 bridgehead atoms. The molecule has 4 N–H and O–H groups in total. The molecule has 0 radical (unpaired) electrons. The van der Waals surface area contributed by atoms with Crippen molar-refractivity contribution in [1.82, 2.24) is 10.3 Å². The predicted molar refractivity (Wildman–Crippen MR) is 151 cm³/mol. The van der Waals surface area contributed by atoms with Gasteiger partial charge in [0.1, 0.15) is 25.3 Å². The van der Waals surface area contributed by atoms with Crippen molar-refractivity contribution in [2.24, 2.45) is 5.73 Å². The Morgan fingerprint density at radius 3 is 2.27 bits per heavy atom. The Bertz CT molecular complexity index is 1030. The number of carbonyl (C=O) groups excluding carboxylic acids is 2. The van der Waals surface area contributed by atoms with Gasteiger partial charge in [0.05, 0.1) is 12.5 Å². The van der Waals surface area contributed by atoms with E-state index in [9.17, 15) is 14.4 Å². The molecule has 0 aromatic carbocycles. The quantitative estimate of drug-likeness (QED) is 0.248. The second kappa shape index (κ2) is 12.9. The van der Waals surface area contributed by atoms with E-state index in [-0.39, 0.29) is 35.2 Å². The Morgan fingerprint density at radius 2 is 1.78 bits per heavy atom. The summed E-state index contributed by atoms with van der Waals surface area (Å²) in [4.78, 5) is 41.4. The van der Waals surface area contributed by atoms with E-state index in [2.05, 4.69) is 44.2 Å². The first kappa shape index (κ1) is 32.7. The number of aromatic nitrogens is 1. The van der Waals surface area contributed by atoms with E-state index in [0.717, 1.165) is 5.57 Å². The maximum absolute atomic E-state index is 13.2. The molecule has 0 saturated heterocycles. The second-order valence-corrected chi connectivity index (χ2v) is 21.7. The van der Waals surface area contributed by atoms with E-state index in [1.807, 2.05) is 44.8 Å². The fourth-order valence-electron chi connectivity index (χ4n) is 3.19. The molecule has 0 fully saturated rings. The third-order valence-electron chi connectivity index (χ3n) is 6.28. The Kier molecular flexibility index (Phi) is 11.4. The fraction of sp³-hybridized carbons (Fsp3) is 0.615. The molecule has 1 heterocycles. The van der Waals surface area contributed by atoms with Gasteiger partial charge in [-0.15, -0.1) is 0 Å². The Balaban J connectivity index is 3.22. The van der Waals surface area contributed by atoms with Crippen molar-refractivity contribution in [1.29, 1.82) is 0 Å². The average Bonchev–Trinajstić information content (AvgIpc) is 3.15. The van der Waals surface area contributed by atoms with Gasteiger partial charge in [0, 0.05) is 13.0 Å². The normalized spacial score (nSPS) is 15.1. The van der Waals surface area contributed by atoms with Crippen LogP contribution in [0.15, 0.2) is 28.2 Å². The SMILES string of the molecule is CC(/C=C/CN)=C\[C@H](CC(=O)Cc1nc(C(=O)N[C@H](C)C(=O)O)c([Si](C)(C)C)o1)O[Si](C)(C)C(C)(C)C. The van der Waals surface area contributed by atoms with Gasteiger partial charge in [0.15, 0.2) is 14.0 Å². The van der Waals surface area contributed by atoms with E-state index in [4.69, 9.17) is 19.7 Å². The van der Waals surface area contributed by atoms with E-state index < -0.39 is 40.4 Å². The second-order valence-electron chi connectivity index (χ2n) is 12.0. The van der Waals surface area contributed by atoms with Gasteiger partial charge in [0.25, 0.3) is 5.91 Å². The average molecular weight is 552 g/mol. The summed E-state index contributed by atoms with van der Waals surface area (Å²) in [7, 11) is -4.34. The molecule has 11 heteroatoms. The van der Waals surface area contributed by atoms with Gasteiger partial charge in [-0.3, -0.25) is 14.4 Å². The molecule has 1 aromatic rings. The summed E-state index contributed by atoms with van der Waals surface area (Å²) in [5.74, 6) is -1.77. The Morgan fingerprint density at radius 1 is 1.19 bits per heavy atom. The van der Waals surface area contributed by atoms with Gasteiger partial charge in [-0.05, 0) is 32.0 Å². The number of carboxylic acid groups (broad SMARTS) is 1. The highest BCUT2D eigenvalue weighted by molar-refractivity contribution is 6.88. The third kappa shape index (κ3) is 10.1. The zero-order chi connectivity index (χ0) is 28.8. The van der Waals surface area contributed by atoms with Crippen molar-refractivity contribution in [3.8, 4) is 0 Å². The molecule has 2 atom stereocenters. The van der Waals surface area contributed by atoms with E-state index in [1.165, 1.54) is 6.92 Å². The fourth-order valence-corrected chi connectivity index (χ4v) is 5.75. The Hall–Kier alpha value is -2.35. The number of aliphatic carboxylic acids is 1. The summed E-state index contributed by atoms with van der Waals surface area (Å²) in [5.41, 5.74) is 6.57. The molecule has 0 unspecified atom stereocenters. The van der Waals surface area contributed by atoms with Crippen LogP contribution >= 0.6 is 0 Å². The van der Waals surface area contributed by atoms with Gasteiger partial charge in [0.2, 0.25) is 5.89 Å². The van der Waals surface area contributed by atoms with Crippen molar-refractivity contribution in [3.63, 3.8) is 0 Å². The van der Waals surface area contributed by atoms with Crippen molar-refractivity contribution in [2.75, 3.05) is 6.54 Å². The number of Topliss-reactive ketones (excluding diaryl/α,β-unsaturated/α-hetero) is 1. The van der Waals surface area contributed by atoms with Crippen LogP contribution in [0.4, 0.5) is 0 Å². The number of ketones is 1. The number of oxazole rings is 1. The van der Waals surface area contributed by atoms with E-state index in [0.29, 0.717) is 11.9 Å². The lowest BCUT2D eigenvalue weighted by atomic mass is 10.1. The molecule has 0 aliphatic carbocycles. The molecule has 0 aliphatic heterocycles. The monoisotopic (exact) mass is 551 g/mol. The van der Waals surface area contributed by atoms with Crippen LogP contribution in [0.2, 0.25) is 37.8 Å². The molecule has 0 spiro atoms. The van der Waals surface area contributed by atoms with Gasteiger partial charge in [-0.2, -0.15) is 0 Å².